The molecule has 0 N–H and O–H groups in total. The molecule has 17 heavy (non-hydrogen) atoms. The minimum atomic E-state index is -0.334. The average Bonchev–Trinajstić information content (AvgIpc) is 2.59. The number of benzene rings is 1. The van der Waals surface area contributed by atoms with E-state index in [9.17, 15) is 4.39 Å². The van der Waals surface area contributed by atoms with Gasteiger partial charge in [0.1, 0.15) is 18.2 Å². The number of hydrogen-bond donors (Lipinski definition) is 0. The molecule has 0 amide bonds. The summed E-state index contributed by atoms with van der Waals surface area (Å²) in [6.45, 7) is 6.17. The zero-order valence-electron chi connectivity index (χ0n) is 10.5. The first-order valence-corrected chi connectivity index (χ1v) is 5.51. The lowest BCUT2D eigenvalue weighted by atomic mass is 10.1. The molecular formula is C13H16FNO2. The average molecular weight is 237 g/mol. The van der Waals surface area contributed by atoms with Crippen LogP contribution in [0.25, 0.3) is 0 Å². The van der Waals surface area contributed by atoms with Gasteiger partial charge in [0.05, 0.1) is 18.2 Å². The molecule has 0 radical (unpaired) electrons. The van der Waals surface area contributed by atoms with Crippen molar-refractivity contribution in [2.24, 2.45) is 4.99 Å². The van der Waals surface area contributed by atoms with Crippen LogP contribution >= 0.6 is 0 Å². The van der Waals surface area contributed by atoms with Crippen molar-refractivity contribution in [3.63, 3.8) is 0 Å². The minimum absolute atomic E-state index is 0.294. The van der Waals surface area contributed by atoms with Crippen LogP contribution in [0, 0.1) is 12.7 Å². The zero-order valence-corrected chi connectivity index (χ0v) is 10.5. The summed E-state index contributed by atoms with van der Waals surface area (Å²) in [6.07, 6.45) is 0. The number of nitrogens with zero attached hydrogens (tertiary/aromatic N) is 1. The van der Waals surface area contributed by atoms with Crippen LogP contribution in [0.4, 0.5) is 4.39 Å². The highest BCUT2D eigenvalue weighted by molar-refractivity contribution is 5.97. The van der Waals surface area contributed by atoms with Crippen LogP contribution in [-0.2, 0) is 4.74 Å². The predicted molar refractivity (Wildman–Crippen MR) is 64.3 cm³/mol. The maximum Gasteiger partial charge on any atom is 0.220 e. The summed E-state index contributed by atoms with van der Waals surface area (Å²) < 4.78 is 24.5. The van der Waals surface area contributed by atoms with Crippen molar-refractivity contribution >= 4 is 5.90 Å². The summed E-state index contributed by atoms with van der Waals surface area (Å²) in [5.41, 5.74) is 0.816. The van der Waals surface area contributed by atoms with Crippen molar-refractivity contribution in [1.82, 2.24) is 0 Å². The van der Waals surface area contributed by atoms with Crippen molar-refractivity contribution in [3.8, 4) is 5.75 Å². The Morgan fingerprint density at radius 1 is 1.41 bits per heavy atom. The van der Waals surface area contributed by atoms with Gasteiger partial charge in [0.2, 0.25) is 5.90 Å². The van der Waals surface area contributed by atoms with E-state index in [2.05, 4.69) is 4.99 Å². The molecule has 0 fully saturated rings. The molecule has 1 aromatic rings. The molecule has 1 heterocycles. The Hall–Kier alpha value is -1.58. The maximum absolute atomic E-state index is 13.9. The third kappa shape index (κ3) is 2.12. The third-order valence-corrected chi connectivity index (χ3v) is 2.76. The smallest absolute Gasteiger partial charge is 0.220 e. The van der Waals surface area contributed by atoms with E-state index in [1.165, 1.54) is 6.07 Å². The van der Waals surface area contributed by atoms with E-state index in [0.717, 1.165) is 0 Å². The number of aliphatic imine (C=N–C) groups is 1. The fraction of sp³-hybridized carbons (Fsp3) is 0.462. The van der Waals surface area contributed by atoms with Gasteiger partial charge in [-0.25, -0.2) is 9.38 Å². The van der Waals surface area contributed by atoms with Gasteiger partial charge in [-0.3, -0.25) is 0 Å². The molecular weight excluding hydrogens is 221 g/mol. The summed E-state index contributed by atoms with van der Waals surface area (Å²) in [4.78, 5) is 4.39. The molecule has 0 aromatic heterocycles. The van der Waals surface area contributed by atoms with Crippen LogP contribution in [0.2, 0.25) is 0 Å². The minimum Gasteiger partial charge on any atom is -0.496 e. The van der Waals surface area contributed by atoms with Crippen LogP contribution in [0.5, 0.6) is 5.75 Å². The van der Waals surface area contributed by atoms with E-state index < -0.39 is 0 Å². The molecule has 0 atom stereocenters. The second-order valence-electron chi connectivity index (χ2n) is 4.77. The lowest BCUT2D eigenvalue weighted by molar-refractivity contribution is 0.278. The highest BCUT2D eigenvalue weighted by Crippen LogP contribution is 2.28. The first-order valence-electron chi connectivity index (χ1n) is 5.51. The highest BCUT2D eigenvalue weighted by Gasteiger charge is 2.30. The first kappa shape index (κ1) is 11.9. The quantitative estimate of drug-likeness (QED) is 0.791. The number of rotatable bonds is 2. The van der Waals surface area contributed by atoms with Crippen LogP contribution in [0.3, 0.4) is 0 Å². The Kier molecular flexibility index (Phi) is 2.81. The predicted octanol–water partition coefficient (Wildman–Crippen LogP) is 2.70. The Labute approximate surface area is 100 Å². The van der Waals surface area contributed by atoms with Crippen LogP contribution in [-0.4, -0.2) is 25.2 Å². The zero-order chi connectivity index (χ0) is 12.6. The molecule has 0 bridgehead atoms. The Bertz CT molecular complexity index is 481. The molecule has 92 valence electrons. The molecule has 3 nitrogen and oxygen atoms in total. The molecule has 0 aliphatic carbocycles. The van der Waals surface area contributed by atoms with Gasteiger partial charge in [0, 0.05) is 5.56 Å². The molecule has 0 unspecified atom stereocenters. The van der Waals surface area contributed by atoms with Crippen molar-refractivity contribution in [2.45, 2.75) is 26.3 Å². The van der Waals surface area contributed by atoms with Gasteiger partial charge in [-0.05, 0) is 32.9 Å². The van der Waals surface area contributed by atoms with Gasteiger partial charge >= 0.3 is 0 Å². The summed E-state index contributed by atoms with van der Waals surface area (Å²) >= 11 is 0. The monoisotopic (exact) mass is 237 g/mol. The molecule has 0 saturated heterocycles. The lowest BCUT2D eigenvalue weighted by Gasteiger charge is -2.10. The Morgan fingerprint density at radius 2 is 2.12 bits per heavy atom. The van der Waals surface area contributed by atoms with E-state index in [0.29, 0.717) is 29.4 Å². The van der Waals surface area contributed by atoms with Crippen molar-refractivity contribution in [3.05, 3.63) is 29.1 Å². The Balaban J connectivity index is 2.53. The molecule has 1 aliphatic rings. The maximum atomic E-state index is 13.9. The number of ether oxygens (including phenoxy) is 2. The highest BCUT2D eigenvalue weighted by atomic mass is 19.1. The van der Waals surface area contributed by atoms with E-state index in [1.807, 2.05) is 13.8 Å². The number of methoxy groups -OCH3 is 1. The van der Waals surface area contributed by atoms with Crippen molar-refractivity contribution in [2.75, 3.05) is 13.7 Å². The second-order valence-corrected chi connectivity index (χ2v) is 4.77. The van der Waals surface area contributed by atoms with Crippen LogP contribution in [0.15, 0.2) is 17.1 Å². The van der Waals surface area contributed by atoms with Gasteiger partial charge in [0.15, 0.2) is 0 Å². The first-order chi connectivity index (χ1) is 7.94. The number of hydrogen-bond acceptors (Lipinski definition) is 3. The fourth-order valence-electron chi connectivity index (χ4n) is 1.86. The van der Waals surface area contributed by atoms with E-state index in [1.54, 1.807) is 20.1 Å². The summed E-state index contributed by atoms with van der Waals surface area (Å²) in [5, 5.41) is 0. The third-order valence-electron chi connectivity index (χ3n) is 2.76. The summed E-state index contributed by atoms with van der Waals surface area (Å²) in [6, 6.07) is 2.98. The standard InChI is InChI=1S/C13H16FNO2/c1-8-10(16-4)6-5-9(14)11(8)12-15-13(2,3)7-17-12/h5-6H,7H2,1-4H3. The van der Waals surface area contributed by atoms with Gasteiger partial charge in [-0.15, -0.1) is 0 Å². The van der Waals surface area contributed by atoms with Crippen molar-refractivity contribution < 1.29 is 13.9 Å². The lowest BCUT2D eigenvalue weighted by Crippen LogP contribution is -2.17. The van der Waals surface area contributed by atoms with E-state index in [4.69, 9.17) is 9.47 Å². The Morgan fingerprint density at radius 3 is 2.65 bits per heavy atom. The van der Waals surface area contributed by atoms with Crippen LogP contribution in [0.1, 0.15) is 25.0 Å². The molecule has 0 spiro atoms. The topological polar surface area (TPSA) is 30.8 Å². The SMILES string of the molecule is COc1ccc(F)c(C2=NC(C)(C)CO2)c1C. The summed E-state index contributed by atoms with van der Waals surface area (Å²) in [5.74, 6) is 0.668. The molecule has 1 aliphatic heterocycles. The van der Waals surface area contributed by atoms with Gasteiger partial charge in [0.25, 0.3) is 0 Å². The molecule has 0 saturated carbocycles. The summed E-state index contributed by atoms with van der Waals surface area (Å²) in [7, 11) is 1.56. The van der Waals surface area contributed by atoms with Gasteiger partial charge in [-0.1, -0.05) is 0 Å². The van der Waals surface area contributed by atoms with Crippen LogP contribution < -0.4 is 4.74 Å². The van der Waals surface area contributed by atoms with Gasteiger partial charge < -0.3 is 9.47 Å². The molecule has 1 aromatic carbocycles. The number of halogens is 1. The molecule has 2 rings (SSSR count). The largest absolute Gasteiger partial charge is 0.496 e. The van der Waals surface area contributed by atoms with Crippen molar-refractivity contribution in [1.29, 1.82) is 0 Å². The van der Waals surface area contributed by atoms with E-state index in [-0.39, 0.29) is 11.4 Å². The fourth-order valence-corrected chi connectivity index (χ4v) is 1.86. The second kappa shape index (κ2) is 4.02. The van der Waals surface area contributed by atoms with E-state index >= 15 is 0 Å². The normalized spacial score (nSPS) is 17.6. The van der Waals surface area contributed by atoms with Gasteiger partial charge in [-0.2, -0.15) is 0 Å². The molecule has 4 heteroatoms.